The molecule has 0 N–H and O–H groups in total. The van der Waals surface area contributed by atoms with E-state index < -0.39 is 0 Å². The summed E-state index contributed by atoms with van der Waals surface area (Å²) < 4.78 is 66.5. The van der Waals surface area contributed by atoms with Gasteiger partial charge in [-0.1, -0.05) is 185 Å². The topological polar surface area (TPSA) is 111 Å². The molecule has 0 fully saturated rings. The molecule has 0 bridgehead atoms. The lowest BCUT2D eigenvalue weighted by atomic mass is 10.1. The molecule has 0 heterocycles. The van der Waals surface area contributed by atoms with Crippen molar-refractivity contribution in [3.63, 3.8) is 0 Å². The Kier molecular flexibility index (Phi) is 44.3. The molecule has 1 unspecified atom stereocenters. The van der Waals surface area contributed by atoms with Gasteiger partial charge in [0.2, 0.25) is 0 Å². The maximum absolute atomic E-state index is 5.74. The highest BCUT2D eigenvalue weighted by atomic mass is 16.6. The maximum atomic E-state index is 5.74. The molecule has 0 amide bonds. The van der Waals surface area contributed by atoms with Crippen molar-refractivity contribution in [2.24, 2.45) is 0 Å². The van der Waals surface area contributed by atoms with Crippen LogP contribution in [0.15, 0.2) is 152 Å². The predicted octanol–water partition coefficient (Wildman–Crippen LogP) is 12.9. The summed E-state index contributed by atoms with van der Waals surface area (Å²) >= 11 is 0. The van der Waals surface area contributed by atoms with Crippen LogP contribution < -0.4 is 4.74 Å². The Bertz CT molecular complexity index is 1750. The molecule has 5 aromatic carbocycles. The molecular weight excluding hydrogens is 961 g/mol. The SMILES string of the molecule is CCC(C)OCCOCCOCCOCCOCCOCCOCCOCCOCCOCCOCCCCCCCCCCOc1ccccc1.c1ccc(-c2ccccc2)cc1.c1ccc(-c2ccccc2)cc1. The lowest BCUT2D eigenvalue weighted by Gasteiger charge is -2.11. The van der Waals surface area contributed by atoms with Gasteiger partial charge in [-0.2, -0.15) is 0 Å². The first-order chi connectivity index (χ1) is 37.8. The average molecular weight is 1060 g/mol. The first kappa shape index (κ1) is 65.7. The van der Waals surface area contributed by atoms with E-state index >= 15 is 0 Å². The summed E-state index contributed by atoms with van der Waals surface area (Å²) in [5, 5.41) is 0. The molecule has 5 rings (SSSR count). The minimum Gasteiger partial charge on any atom is -0.494 e. The molecule has 12 heteroatoms. The zero-order valence-electron chi connectivity index (χ0n) is 46.3. The zero-order valence-corrected chi connectivity index (χ0v) is 46.3. The van der Waals surface area contributed by atoms with Crippen LogP contribution in [-0.4, -0.2) is 151 Å². The smallest absolute Gasteiger partial charge is 0.119 e. The molecule has 0 aliphatic carbocycles. The Morgan fingerprint density at radius 1 is 0.250 bits per heavy atom. The highest BCUT2D eigenvalue weighted by molar-refractivity contribution is 5.63. The quantitative estimate of drug-likeness (QED) is 0.0346. The van der Waals surface area contributed by atoms with Crippen molar-refractivity contribution >= 4 is 0 Å². The van der Waals surface area contributed by atoms with Crippen LogP contribution in [0.3, 0.4) is 0 Å². The van der Waals surface area contributed by atoms with Gasteiger partial charge in [0.15, 0.2) is 0 Å². The van der Waals surface area contributed by atoms with Gasteiger partial charge < -0.3 is 56.8 Å². The molecule has 0 saturated carbocycles. The maximum Gasteiger partial charge on any atom is 0.119 e. The van der Waals surface area contributed by atoms with Gasteiger partial charge in [-0.15, -0.1) is 0 Å². The summed E-state index contributed by atoms with van der Waals surface area (Å²) in [6, 6.07) is 51.6. The normalized spacial score (nSPS) is 11.3. The molecule has 0 aliphatic heterocycles. The summed E-state index contributed by atoms with van der Waals surface area (Å²) in [5.74, 6) is 0.966. The monoisotopic (exact) mass is 1050 g/mol. The Morgan fingerprint density at radius 2 is 0.474 bits per heavy atom. The molecule has 5 aromatic rings. The minimum atomic E-state index is 0.283. The molecule has 0 radical (unpaired) electrons. The van der Waals surface area contributed by atoms with Crippen molar-refractivity contribution in [2.75, 3.05) is 145 Å². The third-order valence-electron chi connectivity index (χ3n) is 11.5. The van der Waals surface area contributed by atoms with E-state index in [-0.39, 0.29) is 6.10 Å². The molecule has 1 atom stereocenters. The van der Waals surface area contributed by atoms with Gasteiger partial charge in [0.1, 0.15) is 5.75 Å². The summed E-state index contributed by atoms with van der Waals surface area (Å²) in [4.78, 5) is 0. The molecule has 0 spiro atoms. The van der Waals surface area contributed by atoms with Crippen LogP contribution in [0.4, 0.5) is 0 Å². The molecule has 0 aromatic heterocycles. The largest absolute Gasteiger partial charge is 0.494 e. The fourth-order valence-electron chi connectivity index (χ4n) is 7.10. The zero-order chi connectivity index (χ0) is 53.5. The van der Waals surface area contributed by atoms with Gasteiger partial charge >= 0.3 is 0 Å². The standard InChI is InChI=1S/C40H74O12.2C12H10/c1-3-39(2)51-38-37-50-36-35-49-34-33-48-32-31-47-30-29-46-28-27-45-26-25-44-24-23-43-22-21-42-20-19-41-17-13-8-6-4-5-7-9-14-18-52-40-15-11-10-12-16-40;2*1-3-7-11(8-4-1)12-9-5-2-6-10-12/h10-12,15-16,39H,3-9,13-14,17-38H2,1-2H3;2*1-10H. The van der Waals surface area contributed by atoms with Crippen LogP contribution in [0.25, 0.3) is 22.3 Å². The van der Waals surface area contributed by atoms with Crippen molar-refractivity contribution in [3.05, 3.63) is 152 Å². The highest BCUT2D eigenvalue weighted by Crippen LogP contribution is 2.18. The lowest BCUT2D eigenvalue weighted by Crippen LogP contribution is -2.16. The second-order valence-corrected chi connectivity index (χ2v) is 17.7. The Morgan fingerprint density at radius 3 is 0.750 bits per heavy atom. The highest BCUT2D eigenvalue weighted by Gasteiger charge is 2.00. The third-order valence-corrected chi connectivity index (χ3v) is 11.5. The second kappa shape index (κ2) is 51.2. The van der Waals surface area contributed by atoms with Gasteiger partial charge in [-0.3, -0.25) is 0 Å². The van der Waals surface area contributed by atoms with E-state index in [0.717, 1.165) is 38.2 Å². The number of ether oxygens (including phenoxy) is 12. The fourth-order valence-corrected chi connectivity index (χ4v) is 7.10. The third kappa shape index (κ3) is 39.8. The molecular formula is C64H94O12. The number of hydrogen-bond donors (Lipinski definition) is 0. The van der Waals surface area contributed by atoms with Crippen LogP contribution in [0.5, 0.6) is 5.75 Å². The van der Waals surface area contributed by atoms with Crippen molar-refractivity contribution < 1.29 is 56.8 Å². The average Bonchev–Trinajstić information content (AvgIpc) is 3.48. The van der Waals surface area contributed by atoms with Crippen molar-refractivity contribution in [1.29, 1.82) is 0 Å². The minimum absolute atomic E-state index is 0.283. The first-order valence-corrected chi connectivity index (χ1v) is 28.0. The van der Waals surface area contributed by atoms with Crippen molar-refractivity contribution in [3.8, 4) is 28.0 Å². The number of rotatable bonds is 46. The Hall–Kier alpha value is -4.54. The van der Waals surface area contributed by atoms with E-state index in [1.165, 1.54) is 60.8 Å². The Labute approximate surface area is 457 Å². The van der Waals surface area contributed by atoms with Crippen molar-refractivity contribution in [2.45, 2.75) is 77.7 Å². The van der Waals surface area contributed by atoms with E-state index in [0.29, 0.717) is 132 Å². The van der Waals surface area contributed by atoms with Gasteiger partial charge in [-0.25, -0.2) is 0 Å². The lowest BCUT2D eigenvalue weighted by molar-refractivity contribution is -0.0293. The van der Waals surface area contributed by atoms with E-state index in [9.17, 15) is 0 Å². The van der Waals surface area contributed by atoms with Crippen LogP contribution in [0.2, 0.25) is 0 Å². The van der Waals surface area contributed by atoms with E-state index in [2.05, 4.69) is 111 Å². The number of benzene rings is 5. The summed E-state index contributed by atoms with van der Waals surface area (Å²) in [6.45, 7) is 16.8. The van der Waals surface area contributed by atoms with E-state index in [1.807, 2.05) is 54.6 Å². The summed E-state index contributed by atoms with van der Waals surface area (Å²) in [5.41, 5.74) is 5.10. The molecule has 12 nitrogen and oxygen atoms in total. The van der Waals surface area contributed by atoms with Gasteiger partial charge in [0, 0.05) is 6.61 Å². The summed E-state index contributed by atoms with van der Waals surface area (Å²) in [7, 11) is 0. The summed E-state index contributed by atoms with van der Waals surface area (Å²) in [6.07, 6.45) is 11.2. The Balaban J connectivity index is 0.000000502. The van der Waals surface area contributed by atoms with Crippen LogP contribution >= 0.6 is 0 Å². The molecule has 422 valence electrons. The van der Waals surface area contributed by atoms with Crippen molar-refractivity contribution in [1.82, 2.24) is 0 Å². The first-order valence-electron chi connectivity index (χ1n) is 28.0. The van der Waals surface area contributed by atoms with E-state index in [1.54, 1.807) is 0 Å². The predicted molar refractivity (Wildman–Crippen MR) is 307 cm³/mol. The van der Waals surface area contributed by atoms with Gasteiger partial charge in [-0.05, 0) is 60.6 Å². The van der Waals surface area contributed by atoms with E-state index in [4.69, 9.17) is 56.8 Å². The molecule has 76 heavy (non-hydrogen) atoms. The molecule has 0 saturated heterocycles. The van der Waals surface area contributed by atoms with Gasteiger partial charge in [0.25, 0.3) is 0 Å². The second-order valence-electron chi connectivity index (χ2n) is 17.7. The van der Waals surface area contributed by atoms with Crippen LogP contribution in [-0.2, 0) is 52.1 Å². The fraction of sp³-hybridized carbons (Fsp3) is 0.531. The molecule has 0 aliphatic rings. The number of hydrogen-bond acceptors (Lipinski definition) is 12. The number of unbranched alkanes of at least 4 members (excludes halogenated alkanes) is 7. The van der Waals surface area contributed by atoms with Gasteiger partial charge in [0.05, 0.1) is 145 Å². The number of para-hydroxylation sites is 1. The van der Waals surface area contributed by atoms with Crippen LogP contribution in [0.1, 0.15) is 71.6 Å². The van der Waals surface area contributed by atoms with Crippen LogP contribution in [0, 0.1) is 0 Å².